The lowest BCUT2D eigenvalue weighted by Gasteiger charge is -2.11. The van der Waals surface area contributed by atoms with Crippen molar-refractivity contribution >= 4 is 15.9 Å². The average Bonchev–Trinajstić information content (AvgIpc) is 2.32. The van der Waals surface area contributed by atoms with Gasteiger partial charge in [-0.05, 0) is 38.3 Å². The van der Waals surface area contributed by atoms with Crippen molar-refractivity contribution in [1.29, 1.82) is 0 Å². The molecule has 5 heteroatoms. The Hall–Kier alpha value is -1.20. The highest BCUT2D eigenvalue weighted by atomic mass is 32.2. The van der Waals surface area contributed by atoms with Crippen molar-refractivity contribution in [3.05, 3.63) is 28.8 Å². The molecule has 1 rings (SSSR count). The predicted molar refractivity (Wildman–Crippen MR) is 78.3 cm³/mol. The summed E-state index contributed by atoms with van der Waals surface area (Å²) in [6, 6.07) is 3.59. The first-order valence-corrected chi connectivity index (χ1v) is 8.17. The SMILES string of the molecule is CCCCC(=O)COS(=O)(=O)c1c(C)cc(C)cc1C. The molecule has 0 saturated carbocycles. The Morgan fingerprint density at radius 3 is 2.20 bits per heavy atom. The maximum absolute atomic E-state index is 12.2. The van der Waals surface area contributed by atoms with E-state index in [1.54, 1.807) is 26.0 Å². The van der Waals surface area contributed by atoms with Gasteiger partial charge in [-0.3, -0.25) is 8.98 Å². The molecule has 0 aromatic heterocycles. The van der Waals surface area contributed by atoms with Gasteiger partial charge >= 0.3 is 0 Å². The number of rotatable bonds is 7. The van der Waals surface area contributed by atoms with E-state index in [0.29, 0.717) is 17.5 Å². The van der Waals surface area contributed by atoms with Crippen LogP contribution in [-0.2, 0) is 19.1 Å². The van der Waals surface area contributed by atoms with E-state index >= 15 is 0 Å². The van der Waals surface area contributed by atoms with Gasteiger partial charge in [0.05, 0.1) is 4.90 Å². The second-order valence-corrected chi connectivity index (χ2v) is 6.64. The second kappa shape index (κ2) is 6.99. The van der Waals surface area contributed by atoms with Gasteiger partial charge in [-0.1, -0.05) is 31.0 Å². The van der Waals surface area contributed by atoms with Gasteiger partial charge in [0.1, 0.15) is 6.61 Å². The highest BCUT2D eigenvalue weighted by Gasteiger charge is 2.22. The van der Waals surface area contributed by atoms with Crippen LogP contribution in [0.15, 0.2) is 17.0 Å². The molecule has 1 aromatic carbocycles. The van der Waals surface area contributed by atoms with Crippen LogP contribution in [0.5, 0.6) is 0 Å². The molecule has 0 heterocycles. The van der Waals surface area contributed by atoms with Crippen LogP contribution < -0.4 is 0 Å². The molecular weight excluding hydrogens is 276 g/mol. The van der Waals surface area contributed by atoms with E-state index in [0.717, 1.165) is 18.4 Å². The van der Waals surface area contributed by atoms with E-state index in [4.69, 9.17) is 4.18 Å². The summed E-state index contributed by atoms with van der Waals surface area (Å²) < 4.78 is 29.3. The molecule has 0 atom stereocenters. The first kappa shape index (κ1) is 16.9. The van der Waals surface area contributed by atoms with E-state index in [1.165, 1.54) is 0 Å². The predicted octanol–water partition coefficient (Wildman–Crippen LogP) is 3.08. The molecule has 0 amide bonds. The fourth-order valence-electron chi connectivity index (χ4n) is 2.21. The summed E-state index contributed by atoms with van der Waals surface area (Å²) in [6.45, 7) is 6.97. The van der Waals surface area contributed by atoms with Crippen molar-refractivity contribution < 1.29 is 17.4 Å². The van der Waals surface area contributed by atoms with Crippen molar-refractivity contribution in [1.82, 2.24) is 0 Å². The Morgan fingerprint density at radius 2 is 1.70 bits per heavy atom. The second-order valence-electron chi connectivity index (χ2n) is 5.09. The molecule has 0 aliphatic heterocycles. The Kier molecular flexibility index (Phi) is 5.89. The summed E-state index contributed by atoms with van der Waals surface area (Å²) in [5.41, 5.74) is 2.28. The zero-order valence-corrected chi connectivity index (χ0v) is 13.3. The summed E-state index contributed by atoms with van der Waals surface area (Å²) >= 11 is 0. The lowest BCUT2D eigenvalue weighted by atomic mass is 10.1. The first-order valence-electron chi connectivity index (χ1n) is 6.77. The van der Waals surface area contributed by atoms with Gasteiger partial charge in [-0.2, -0.15) is 8.42 Å². The molecule has 0 aliphatic carbocycles. The maximum Gasteiger partial charge on any atom is 0.297 e. The van der Waals surface area contributed by atoms with Gasteiger partial charge in [0.15, 0.2) is 5.78 Å². The molecule has 0 bridgehead atoms. The zero-order valence-electron chi connectivity index (χ0n) is 12.5. The molecule has 0 radical (unpaired) electrons. The van der Waals surface area contributed by atoms with Gasteiger partial charge in [0, 0.05) is 6.42 Å². The zero-order chi connectivity index (χ0) is 15.3. The van der Waals surface area contributed by atoms with Crippen LogP contribution in [0.4, 0.5) is 0 Å². The van der Waals surface area contributed by atoms with Crippen molar-refractivity contribution in [3.63, 3.8) is 0 Å². The lowest BCUT2D eigenvalue weighted by molar-refractivity contribution is -0.121. The number of Topliss-reactive ketones (excluding diaryl/α,β-unsaturated/α-hetero) is 1. The number of hydrogen-bond donors (Lipinski definition) is 0. The molecule has 0 spiro atoms. The third kappa shape index (κ3) is 4.42. The standard InChI is InChI=1S/C15H22O4S/c1-5-6-7-14(16)10-19-20(17,18)15-12(3)8-11(2)9-13(15)4/h8-9H,5-7,10H2,1-4H3. The van der Waals surface area contributed by atoms with Gasteiger partial charge in [-0.15, -0.1) is 0 Å². The summed E-state index contributed by atoms with van der Waals surface area (Å²) in [4.78, 5) is 11.7. The van der Waals surface area contributed by atoms with Gasteiger partial charge in [-0.25, -0.2) is 0 Å². The quantitative estimate of drug-likeness (QED) is 0.726. The molecule has 0 saturated heterocycles. The minimum absolute atomic E-state index is 0.173. The molecule has 20 heavy (non-hydrogen) atoms. The third-order valence-corrected chi connectivity index (χ3v) is 4.61. The summed E-state index contributed by atoms with van der Waals surface area (Å²) in [5.74, 6) is -0.183. The van der Waals surface area contributed by atoms with Crippen LogP contribution in [-0.4, -0.2) is 20.8 Å². The number of unbranched alkanes of at least 4 members (excludes halogenated alkanes) is 1. The molecule has 1 aromatic rings. The Labute approximate surface area is 121 Å². The number of aryl methyl sites for hydroxylation is 3. The minimum Gasteiger partial charge on any atom is -0.297 e. The number of carbonyl (C=O) groups excluding carboxylic acids is 1. The van der Waals surface area contributed by atoms with Crippen molar-refractivity contribution in [2.45, 2.75) is 51.9 Å². The van der Waals surface area contributed by atoms with Crippen molar-refractivity contribution in [2.24, 2.45) is 0 Å². The normalized spacial score (nSPS) is 11.6. The van der Waals surface area contributed by atoms with Crippen LogP contribution in [0.25, 0.3) is 0 Å². The Balaban J connectivity index is 2.87. The molecule has 0 N–H and O–H groups in total. The number of ketones is 1. The van der Waals surface area contributed by atoms with Crippen molar-refractivity contribution in [2.75, 3.05) is 6.61 Å². The highest BCUT2D eigenvalue weighted by Crippen LogP contribution is 2.23. The fraction of sp³-hybridized carbons (Fsp3) is 0.533. The van der Waals surface area contributed by atoms with Gasteiger partial charge < -0.3 is 0 Å². The summed E-state index contributed by atoms with van der Waals surface area (Å²) in [7, 11) is -3.88. The van der Waals surface area contributed by atoms with E-state index in [2.05, 4.69) is 0 Å². The van der Waals surface area contributed by atoms with Crippen LogP contribution in [0.2, 0.25) is 0 Å². The van der Waals surface area contributed by atoms with Crippen LogP contribution >= 0.6 is 0 Å². The average molecular weight is 298 g/mol. The smallest absolute Gasteiger partial charge is 0.297 e. The number of carbonyl (C=O) groups is 1. The molecular formula is C15H22O4S. The third-order valence-electron chi connectivity index (χ3n) is 3.04. The molecule has 0 fully saturated rings. The molecule has 0 aliphatic rings. The molecule has 4 nitrogen and oxygen atoms in total. The summed E-state index contributed by atoms with van der Waals surface area (Å²) in [5, 5.41) is 0. The number of hydrogen-bond acceptors (Lipinski definition) is 4. The Morgan fingerprint density at radius 1 is 1.15 bits per heavy atom. The van der Waals surface area contributed by atoms with E-state index in [-0.39, 0.29) is 17.3 Å². The van der Waals surface area contributed by atoms with Crippen LogP contribution in [0, 0.1) is 20.8 Å². The fourth-order valence-corrected chi connectivity index (χ4v) is 3.52. The minimum atomic E-state index is -3.88. The van der Waals surface area contributed by atoms with E-state index in [9.17, 15) is 13.2 Å². The first-order chi connectivity index (χ1) is 9.27. The molecule has 112 valence electrons. The maximum atomic E-state index is 12.2. The lowest BCUT2D eigenvalue weighted by Crippen LogP contribution is -2.16. The monoisotopic (exact) mass is 298 g/mol. The summed E-state index contributed by atoms with van der Waals surface area (Å²) in [6.07, 6.45) is 2.01. The highest BCUT2D eigenvalue weighted by molar-refractivity contribution is 7.86. The van der Waals surface area contributed by atoms with Crippen LogP contribution in [0.1, 0.15) is 42.9 Å². The van der Waals surface area contributed by atoms with Crippen LogP contribution in [0.3, 0.4) is 0 Å². The van der Waals surface area contributed by atoms with E-state index in [1.807, 2.05) is 13.8 Å². The van der Waals surface area contributed by atoms with E-state index < -0.39 is 10.1 Å². The largest absolute Gasteiger partial charge is 0.297 e. The topological polar surface area (TPSA) is 60.4 Å². The molecule has 0 unspecified atom stereocenters. The Bertz CT molecular complexity index is 565. The van der Waals surface area contributed by atoms with Crippen molar-refractivity contribution in [3.8, 4) is 0 Å². The van der Waals surface area contributed by atoms with Gasteiger partial charge in [0.25, 0.3) is 10.1 Å². The van der Waals surface area contributed by atoms with Gasteiger partial charge in [0.2, 0.25) is 0 Å². The number of benzene rings is 1.